The van der Waals surface area contributed by atoms with Crippen LogP contribution in [0.3, 0.4) is 0 Å². The zero-order valence-electron chi connectivity index (χ0n) is 8.37. The van der Waals surface area contributed by atoms with E-state index in [9.17, 15) is 5.11 Å². The first-order valence-corrected chi connectivity index (χ1v) is 5.85. The number of hydrogen-bond acceptors (Lipinski definition) is 2. The first-order chi connectivity index (χ1) is 7.50. The molecule has 16 heavy (non-hydrogen) atoms. The third kappa shape index (κ3) is 4.22. The van der Waals surface area contributed by atoms with Gasteiger partial charge < -0.3 is 10.4 Å². The SMILES string of the molecule is N=C(S)NCCC(O)c1ccc(Cl)c(Cl)c1. The fourth-order valence-corrected chi connectivity index (χ4v) is 1.63. The van der Waals surface area contributed by atoms with Gasteiger partial charge in [0.15, 0.2) is 5.17 Å². The summed E-state index contributed by atoms with van der Waals surface area (Å²) >= 11 is 15.4. The maximum atomic E-state index is 9.81. The number of aliphatic hydroxyl groups excluding tert-OH is 1. The van der Waals surface area contributed by atoms with Crippen molar-refractivity contribution in [2.45, 2.75) is 12.5 Å². The summed E-state index contributed by atoms with van der Waals surface area (Å²) in [5.41, 5.74) is 0.710. The van der Waals surface area contributed by atoms with Crippen LogP contribution in [0.4, 0.5) is 0 Å². The van der Waals surface area contributed by atoms with Crippen LogP contribution in [0.2, 0.25) is 10.0 Å². The minimum absolute atomic E-state index is 0.0846. The van der Waals surface area contributed by atoms with Gasteiger partial charge in [-0.15, -0.1) is 12.6 Å². The van der Waals surface area contributed by atoms with E-state index in [1.54, 1.807) is 18.2 Å². The van der Waals surface area contributed by atoms with Gasteiger partial charge in [0.25, 0.3) is 0 Å². The van der Waals surface area contributed by atoms with E-state index < -0.39 is 6.10 Å². The molecule has 6 heteroatoms. The lowest BCUT2D eigenvalue weighted by Gasteiger charge is -2.12. The van der Waals surface area contributed by atoms with Gasteiger partial charge in [0.05, 0.1) is 16.1 Å². The third-order valence-electron chi connectivity index (χ3n) is 2.04. The summed E-state index contributed by atoms with van der Waals surface area (Å²) in [5, 5.41) is 20.5. The van der Waals surface area contributed by atoms with Crippen LogP contribution >= 0.6 is 35.8 Å². The molecule has 3 nitrogen and oxygen atoms in total. The Morgan fingerprint density at radius 3 is 2.69 bits per heavy atom. The van der Waals surface area contributed by atoms with Crippen molar-refractivity contribution in [3.05, 3.63) is 33.8 Å². The minimum atomic E-state index is -0.630. The van der Waals surface area contributed by atoms with E-state index in [0.29, 0.717) is 28.6 Å². The van der Waals surface area contributed by atoms with Gasteiger partial charge >= 0.3 is 0 Å². The minimum Gasteiger partial charge on any atom is -0.388 e. The van der Waals surface area contributed by atoms with Crippen LogP contribution in [0.15, 0.2) is 18.2 Å². The Labute approximate surface area is 110 Å². The van der Waals surface area contributed by atoms with Gasteiger partial charge in [0, 0.05) is 6.54 Å². The van der Waals surface area contributed by atoms with Gasteiger partial charge in [0.2, 0.25) is 0 Å². The molecule has 0 saturated carbocycles. The normalized spacial score (nSPS) is 12.2. The van der Waals surface area contributed by atoms with Gasteiger partial charge in [0.1, 0.15) is 0 Å². The van der Waals surface area contributed by atoms with Crippen molar-refractivity contribution in [1.82, 2.24) is 5.32 Å². The summed E-state index contributed by atoms with van der Waals surface area (Å²) in [6, 6.07) is 5.02. The number of nitrogens with one attached hydrogen (secondary N) is 2. The van der Waals surface area contributed by atoms with E-state index in [1.165, 1.54) is 0 Å². The second-order valence-electron chi connectivity index (χ2n) is 3.25. The predicted molar refractivity (Wildman–Crippen MR) is 70.8 cm³/mol. The van der Waals surface area contributed by atoms with Gasteiger partial charge in [-0.1, -0.05) is 29.3 Å². The quantitative estimate of drug-likeness (QED) is 0.389. The van der Waals surface area contributed by atoms with Crippen molar-refractivity contribution < 1.29 is 5.11 Å². The van der Waals surface area contributed by atoms with Crippen LogP contribution in [0.5, 0.6) is 0 Å². The number of hydrogen-bond donors (Lipinski definition) is 4. The van der Waals surface area contributed by atoms with Crippen molar-refractivity contribution in [2.75, 3.05) is 6.54 Å². The number of benzene rings is 1. The van der Waals surface area contributed by atoms with Crippen LogP contribution in [0, 0.1) is 5.41 Å². The van der Waals surface area contributed by atoms with Crippen LogP contribution < -0.4 is 5.32 Å². The molecule has 88 valence electrons. The summed E-state index contributed by atoms with van der Waals surface area (Å²) in [4.78, 5) is 0. The van der Waals surface area contributed by atoms with Crippen molar-refractivity contribution in [2.24, 2.45) is 0 Å². The summed E-state index contributed by atoms with van der Waals surface area (Å²) in [7, 11) is 0. The van der Waals surface area contributed by atoms with Gasteiger partial charge in [-0.25, -0.2) is 0 Å². The highest BCUT2D eigenvalue weighted by molar-refractivity contribution is 7.96. The highest BCUT2D eigenvalue weighted by Crippen LogP contribution is 2.26. The van der Waals surface area contributed by atoms with Crippen molar-refractivity contribution >= 4 is 41.0 Å². The zero-order valence-corrected chi connectivity index (χ0v) is 10.8. The molecule has 3 N–H and O–H groups in total. The summed E-state index contributed by atoms with van der Waals surface area (Å²) < 4.78 is 0. The molecule has 1 atom stereocenters. The molecule has 1 aromatic rings. The first kappa shape index (κ1) is 13.6. The van der Waals surface area contributed by atoms with Crippen LogP contribution in [0.25, 0.3) is 0 Å². The molecule has 0 amide bonds. The summed E-state index contributed by atoms with van der Waals surface area (Å²) in [5.74, 6) is 0. The molecule has 0 aliphatic heterocycles. The van der Waals surface area contributed by atoms with E-state index in [2.05, 4.69) is 17.9 Å². The molecule has 0 saturated heterocycles. The summed E-state index contributed by atoms with van der Waals surface area (Å²) in [6.45, 7) is 0.476. The zero-order chi connectivity index (χ0) is 12.1. The molecule has 1 rings (SSSR count). The lowest BCUT2D eigenvalue weighted by Crippen LogP contribution is -2.20. The Morgan fingerprint density at radius 2 is 2.12 bits per heavy atom. The fourth-order valence-electron chi connectivity index (χ4n) is 1.21. The maximum absolute atomic E-state index is 9.81. The first-order valence-electron chi connectivity index (χ1n) is 4.65. The molecular weight excluding hydrogens is 267 g/mol. The molecule has 0 fully saturated rings. The van der Waals surface area contributed by atoms with Gasteiger partial charge in [-0.05, 0) is 24.1 Å². The van der Waals surface area contributed by atoms with Crippen molar-refractivity contribution in [3.8, 4) is 0 Å². The topological polar surface area (TPSA) is 56.1 Å². The average molecular weight is 279 g/mol. The number of thiol groups is 1. The van der Waals surface area contributed by atoms with Gasteiger partial charge in [-0.3, -0.25) is 5.41 Å². The second-order valence-corrected chi connectivity index (χ2v) is 4.52. The van der Waals surface area contributed by atoms with E-state index in [0.717, 1.165) is 0 Å². The molecule has 0 bridgehead atoms. The van der Waals surface area contributed by atoms with E-state index >= 15 is 0 Å². The fraction of sp³-hybridized carbons (Fsp3) is 0.300. The Bertz CT molecular complexity index is 387. The smallest absolute Gasteiger partial charge is 0.150 e. The molecule has 0 radical (unpaired) electrons. The lowest BCUT2D eigenvalue weighted by molar-refractivity contribution is 0.169. The monoisotopic (exact) mass is 278 g/mol. The molecule has 0 heterocycles. The molecule has 0 spiro atoms. The number of rotatable bonds is 4. The third-order valence-corrected chi connectivity index (χ3v) is 2.94. The standard InChI is InChI=1S/C10H12Cl2N2OS/c11-7-2-1-6(5-8(7)12)9(15)3-4-14-10(13)16/h1-2,5,9,15H,3-4H2,(H3,13,14,16). The number of amidine groups is 1. The largest absolute Gasteiger partial charge is 0.388 e. The molecule has 1 aromatic carbocycles. The number of halogens is 2. The highest BCUT2D eigenvalue weighted by atomic mass is 35.5. The highest BCUT2D eigenvalue weighted by Gasteiger charge is 2.09. The number of aliphatic hydroxyl groups is 1. The average Bonchev–Trinajstić information content (AvgIpc) is 2.21. The van der Waals surface area contributed by atoms with E-state index in [4.69, 9.17) is 28.6 Å². The maximum Gasteiger partial charge on any atom is 0.150 e. The molecule has 1 unspecified atom stereocenters. The Hall–Kier alpha value is -0.420. The lowest BCUT2D eigenvalue weighted by atomic mass is 10.1. The Kier molecular flexibility index (Phi) is 5.41. The van der Waals surface area contributed by atoms with Crippen LogP contribution in [-0.2, 0) is 0 Å². The van der Waals surface area contributed by atoms with Crippen LogP contribution in [0.1, 0.15) is 18.1 Å². The predicted octanol–water partition coefficient (Wildman–Crippen LogP) is 2.87. The Morgan fingerprint density at radius 1 is 1.44 bits per heavy atom. The molecule has 0 aromatic heterocycles. The van der Waals surface area contributed by atoms with Gasteiger partial charge in [-0.2, -0.15) is 0 Å². The van der Waals surface area contributed by atoms with E-state index in [-0.39, 0.29) is 5.17 Å². The van der Waals surface area contributed by atoms with Crippen LogP contribution in [-0.4, -0.2) is 16.8 Å². The second kappa shape index (κ2) is 6.35. The summed E-state index contributed by atoms with van der Waals surface area (Å²) in [6.07, 6.45) is -0.157. The van der Waals surface area contributed by atoms with Crippen molar-refractivity contribution in [1.29, 1.82) is 5.41 Å². The van der Waals surface area contributed by atoms with E-state index in [1.807, 2.05) is 0 Å². The Balaban J connectivity index is 2.55. The molecule has 0 aliphatic carbocycles. The molecular formula is C10H12Cl2N2OS. The molecule has 0 aliphatic rings. The van der Waals surface area contributed by atoms with Crippen molar-refractivity contribution in [3.63, 3.8) is 0 Å².